The SMILES string of the molecule is Cc1cc(C)n2nc(CC(=O)Nc3ccc(CC[C@H]4CCN(C)C[C@H]4C)cc3)nc2n1. The lowest BCUT2D eigenvalue weighted by Gasteiger charge is -2.34. The molecule has 3 heterocycles. The number of carbonyl (C=O) groups is 1. The van der Waals surface area contributed by atoms with Crippen LogP contribution < -0.4 is 5.32 Å². The quantitative estimate of drug-likeness (QED) is 0.661. The number of hydrogen-bond donors (Lipinski definition) is 1. The zero-order valence-electron chi connectivity index (χ0n) is 18.9. The fraction of sp³-hybridized carbons (Fsp3) is 0.500. The number of carbonyl (C=O) groups excluding carboxylic acids is 1. The molecule has 3 aromatic rings. The van der Waals surface area contributed by atoms with E-state index in [1.165, 1.54) is 31.5 Å². The summed E-state index contributed by atoms with van der Waals surface area (Å²) in [6, 6.07) is 10.2. The molecule has 1 amide bonds. The van der Waals surface area contributed by atoms with E-state index in [9.17, 15) is 4.79 Å². The fourth-order valence-electron chi connectivity index (χ4n) is 4.57. The molecule has 1 aromatic carbocycles. The summed E-state index contributed by atoms with van der Waals surface area (Å²) in [5.74, 6) is 2.44. The second kappa shape index (κ2) is 9.14. The maximum Gasteiger partial charge on any atom is 0.252 e. The Bertz CT molecular complexity index is 1060. The molecular weight excluding hydrogens is 388 g/mol. The van der Waals surface area contributed by atoms with Crippen molar-refractivity contribution in [2.45, 2.75) is 46.5 Å². The summed E-state index contributed by atoms with van der Waals surface area (Å²) in [4.78, 5) is 23.7. The number of anilines is 1. The third kappa shape index (κ3) is 5.28. The number of aromatic nitrogens is 4. The van der Waals surface area contributed by atoms with E-state index in [2.05, 4.69) is 51.4 Å². The predicted octanol–water partition coefficient (Wildman–Crippen LogP) is 3.44. The van der Waals surface area contributed by atoms with E-state index in [1.807, 2.05) is 32.0 Å². The van der Waals surface area contributed by atoms with E-state index in [-0.39, 0.29) is 12.3 Å². The smallest absolute Gasteiger partial charge is 0.252 e. The number of amides is 1. The van der Waals surface area contributed by atoms with Crippen molar-refractivity contribution in [2.75, 3.05) is 25.5 Å². The van der Waals surface area contributed by atoms with Crippen LogP contribution in [0, 0.1) is 25.7 Å². The number of nitrogens with one attached hydrogen (secondary N) is 1. The third-order valence-corrected chi connectivity index (χ3v) is 6.31. The summed E-state index contributed by atoms with van der Waals surface area (Å²) < 4.78 is 1.68. The Morgan fingerprint density at radius 3 is 2.71 bits per heavy atom. The van der Waals surface area contributed by atoms with E-state index < -0.39 is 0 Å². The minimum absolute atomic E-state index is 0.123. The van der Waals surface area contributed by atoms with E-state index >= 15 is 0 Å². The summed E-state index contributed by atoms with van der Waals surface area (Å²) in [5, 5.41) is 7.36. The van der Waals surface area contributed by atoms with E-state index in [0.717, 1.165) is 35.3 Å². The number of benzene rings is 1. The standard InChI is InChI=1S/C24H32N6O/c1-16-15-29(4)12-11-20(16)8-5-19-6-9-21(10-7-19)26-23(31)14-22-27-24-25-17(2)13-18(3)30(24)28-22/h6-7,9-10,13,16,20H,5,8,11-12,14-15H2,1-4H3,(H,26,31)/t16-,20+/m1/s1. The Morgan fingerprint density at radius 2 is 1.97 bits per heavy atom. The zero-order chi connectivity index (χ0) is 22.0. The number of aryl methyl sites for hydroxylation is 3. The molecule has 7 nitrogen and oxygen atoms in total. The van der Waals surface area contributed by atoms with Crippen molar-refractivity contribution in [1.29, 1.82) is 0 Å². The number of nitrogens with zero attached hydrogens (tertiary/aromatic N) is 5. The molecule has 0 bridgehead atoms. The highest BCUT2D eigenvalue weighted by Gasteiger charge is 2.23. The van der Waals surface area contributed by atoms with Crippen molar-refractivity contribution in [3.8, 4) is 0 Å². The van der Waals surface area contributed by atoms with E-state index in [1.54, 1.807) is 4.52 Å². The molecular formula is C24H32N6O. The summed E-state index contributed by atoms with van der Waals surface area (Å²) in [6.45, 7) is 8.65. The molecule has 0 unspecified atom stereocenters. The van der Waals surface area contributed by atoms with Gasteiger partial charge in [-0.05, 0) is 82.3 Å². The minimum Gasteiger partial charge on any atom is -0.326 e. The number of likely N-dealkylation sites (tertiary alicyclic amines) is 1. The summed E-state index contributed by atoms with van der Waals surface area (Å²) in [5.41, 5.74) is 3.96. The monoisotopic (exact) mass is 420 g/mol. The predicted molar refractivity (Wildman–Crippen MR) is 122 cm³/mol. The molecule has 4 rings (SSSR count). The van der Waals surface area contributed by atoms with Crippen molar-refractivity contribution >= 4 is 17.4 Å². The molecule has 0 saturated carbocycles. The van der Waals surface area contributed by atoms with Crippen LogP contribution in [0.1, 0.15) is 42.5 Å². The van der Waals surface area contributed by atoms with Gasteiger partial charge < -0.3 is 10.2 Å². The third-order valence-electron chi connectivity index (χ3n) is 6.31. The summed E-state index contributed by atoms with van der Waals surface area (Å²) in [7, 11) is 2.21. The molecule has 0 spiro atoms. The maximum absolute atomic E-state index is 12.5. The number of fused-ring (bicyclic) bond motifs is 1. The molecule has 2 aromatic heterocycles. The van der Waals surface area contributed by atoms with Gasteiger partial charge in [-0.25, -0.2) is 9.50 Å². The summed E-state index contributed by atoms with van der Waals surface area (Å²) >= 11 is 0. The zero-order valence-corrected chi connectivity index (χ0v) is 18.9. The van der Waals surface area contributed by atoms with Gasteiger partial charge in [0.2, 0.25) is 5.91 Å². The number of hydrogen-bond acceptors (Lipinski definition) is 5. The van der Waals surface area contributed by atoms with Crippen LogP contribution in [0.3, 0.4) is 0 Å². The van der Waals surface area contributed by atoms with Crippen molar-refractivity contribution in [1.82, 2.24) is 24.5 Å². The van der Waals surface area contributed by atoms with Crippen LogP contribution in [0.5, 0.6) is 0 Å². The van der Waals surface area contributed by atoms with Crippen LogP contribution in [0.4, 0.5) is 5.69 Å². The molecule has 1 saturated heterocycles. The van der Waals surface area contributed by atoms with Crippen LogP contribution in [0.15, 0.2) is 30.3 Å². The first-order valence-corrected chi connectivity index (χ1v) is 11.1. The molecule has 0 radical (unpaired) electrons. The van der Waals surface area contributed by atoms with Crippen LogP contribution in [0.25, 0.3) is 5.78 Å². The topological polar surface area (TPSA) is 75.4 Å². The molecule has 164 valence electrons. The largest absolute Gasteiger partial charge is 0.326 e. The molecule has 31 heavy (non-hydrogen) atoms. The highest BCUT2D eigenvalue weighted by atomic mass is 16.1. The van der Waals surface area contributed by atoms with Crippen molar-refractivity contribution in [2.24, 2.45) is 11.8 Å². The molecule has 1 N–H and O–H groups in total. The van der Waals surface area contributed by atoms with Crippen LogP contribution in [-0.4, -0.2) is 50.5 Å². The Morgan fingerprint density at radius 1 is 1.19 bits per heavy atom. The van der Waals surface area contributed by atoms with Gasteiger partial charge in [0.1, 0.15) is 0 Å². The van der Waals surface area contributed by atoms with E-state index in [0.29, 0.717) is 11.6 Å². The van der Waals surface area contributed by atoms with Crippen LogP contribution in [-0.2, 0) is 17.6 Å². The summed E-state index contributed by atoms with van der Waals surface area (Å²) in [6.07, 6.45) is 3.73. The first kappa shape index (κ1) is 21.4. The lowest BCUT2D eigenvalue weighted by atomic mass is 9.83. The van der Waals surface area contributed by atoms with Gasteiger partial charge in [-0.2, -0.15) is 4.98 Å². The van der Waals surface area contributed by atoms with Gasteiger partial charge >= 0.3 is 0 Å². The van der Waals surface area contributed by atoms with Gasteiger partial charge in [0.25, 0.3) is 5.78 Å². The highest BCUT2D eigenvalue weighted by Crippen LogP contribution is 2.27. The lowest BCUT2D eigenvalue weighted by Crippen LogP contribution is -2.36. The van der Waals surface area contributed by atoms with Crippen molar-refractivity contribution in [3.63, 3.8) is 0 Å². The van der Waals surface area contributed by atoms with Gasteiger partial charge in [-0.1, -0.05) is 19.1 Å². The second-order valence-electron chi connectivity index (χ2n) is 9.03. The molecule has 1 aliphatic rings. The molecule has 1 fully saturated rings. The minimum atomic E-state index is -0.127. The first-order valence-electron chi connectivity index (χ1n) is 11.1. The first-order chi connectivity index (χ1) is 14.9. The number of rotatable bonds is 6. The van der Waals surface area contributed by atoms with Gasteiger partial charge in [0, 0.05) is 23.6 Å². The molecule has 2 atom stereocenters. The van der Waals surface area contributed by atoms with Gasteiger partial charge in [0.15, 0.2) is 5.82 Å². The second-order valence-corrected chi connectivity index (χ2v) is 9.03. The van der Waals surface area contributed by atoms with Crippen LogP contribution in [0.2, 0.25) is 0 Å². The molecule has 0 aliphatic carbocycles. The average Bonchev–Trinajstić information content (AvgIpc) is 3.11. The molecule has 1 aliphatic heterocycles. The van der Waals surface area contributed by atoms with Gasteiger partial charge in [-0.15, -0.1) is 5.10 Å². The van der Waals surface area contributed by atoms with Crippen LogP contribution >= 0.6 is 0 Å². The van der Waals surface area contributed by atoms with E-state index in [4.69, 9.17) is 0 Å². The fourth-order valence-corrected chi connectivity index (χ4v) is 4.57. The van der Waals surface area contributed by atoms with Crippen molar-refractivity contribution in [3.05, 3.63) is 53.1 Å². The Kier molecular flexibility index (Phi) is 6.32. The Labute approximate surface area is 183 Å². The van der Waals surface area contributed by atoms with Gasteiger partial charge in [0.05, 0.1) is 6.42 Å². The lowest BCUT2D eigenvalue weighted by molar-refractivity contribution is -0.115. The normalized spacial score (nSPS) is 19.6. The Balaban J connectivity index is 1.30. The van der Waals surface area contributed by atoms with Gasteiger partial charge in [-0.3, -0.25) is 4.79 Å². The maximum atomic E-state index is 12.5. The molecule has 7 heteroatoms. The number of piperidine rings is 1. The highest BCUT2D eigenvalue weighted by molar-refractivity contribution is 5.91. The Hall–Kier alpha value is -2.80. The van der Waals surface area contributed by atoms with Crippen molar-refractivity contribution < 1.29 is 4.79 Å². The average molecular weight is 421 g/mol.